The molecule has 0 aromatic rings. The number of hydrogen-bond donors (Lipinski definition) is 1. The van der Waals surface area contributed by atoms with Crippen LogP contribution in [-0.4, -0.2) is 30.4 Å². The molecule has 16 heavy (non-hydrogen) atoms. The van der Waals surface area contributed by atoms with E-state index in [0.29, 0.717) is 24.8 Å². The van der Waals surface area contributed by atoms with Crippen LogP contribution < -0.4 is 5.73 Å². The van der Waals surface area contributed by atoms with Crippen molar-refractivity contribution >= 4 is 5.91 Å². The second-order valence-corrected chi connectivity index (χ2v) is 4.95. The lowest BCUT2D eigenvalue weighted by Gasteiger charge is -2.32. The number of carbonyl (C=O) groups is 1. The molecule has 0 aromatic heterocycles. The van der Waals surface area contributed by atoms with Gasteiger partial charge in [0.15, 0.2) is 0 Å². The van der Waals surface area contributed by atoms with Crippen molar-refractivity contribution in [3.8, 4) is 0 Å². The van der Waals surface area contributed by atoms with Crippen molar-refractivity contribution in [3.63, 3.8) is 0 Å². The third-order valence-corrected chi connectivity index (χ3v) is 3.92. The highest BCUT2D eigenvalue weighted by Crippen LogP contribution is 2.21. The van der Waals surface area contributed by atoms with Gasteiger partial charge < -0.3 is 10.6 Å². The van der Waals surface area contributed by atoms with E-state index < -0.39 is 0 Å². The Morgan fingerprint density at radius 3 is 2.44 bits per heavy atom. The fraction of sp³-hybridized carbons (Fsp3) is 0.923. The van der Waals surface area contributed by atoms with Crippen LogP contribution in [0.3, 0.4) is 0 Å². The van der Waals surface area contributed by atoms with Gasteiger partial charge in [0.05, 0.1) is 0 Å². The SMILES string of the molecule is CCC1CCN(C(=O)CC(CC)CN)CC1. The summed E-state index contributed by atoms with van der Waals surface area (Å²) in [6, 6.07) is 0. The van der Waals surface area contributed by atoms with Crippen LogP contribution >= 0.6 is 0 Å². The zero-order valence-electron chi connectivity index (χ0n) is 10.7. The molecule has 1 heterocycles. The van der Waals surface area contributed by atoms with Crippen LogP contribution in [0.4, 0.5) is 0 Å². The fourth-order valence-electron chi connectivity index (χ4n) is 2.36. The highest BCUT2D eigenvalue weighted by Gasteiger charge is 2.22. The Kier molecular flexibility index (Phi) is 5.81. The zero-order valence-corrected chi connectivity index (χ0v) is 10.7. The molecule has 3 heteroatoms. The number of amides is 1. The maximum absolute atomic E-state index is 12.0. The van der Waals surface area contributed by atoms with E-state index in [9.17, 15) is 4.79 Å². The van der Waals surface area contributed by atoms with Gasteiger partial charge in [-0.25, -0.2) is 0 Å². The summed E-state index contributed by atoms with van der Waals surface area (Å²) in [4.78, 5) is 14.0. The average molecular weight is 226 g/mol. The highest BCUT2D eigenvalue weighted by atomic mass is 16.2. The quantitative estimate of drug-likeness (QED) is 0.779. The summed E-state index contributed by atoms with van der Waals surface area (Å²) in [6.07, 6.45) is 5.27. The van der Waals surface area contributed by atoms with Crippen molar-refractivity contribution in [2.75, 3.05) is 19.6 Å². The van der Waals surface area contributed by atoms with Crippen LogP contribution in [0.5, 0.6) is 0 Å². The third kappa shape index (κ3) is 3.78. The summed E-state index contributed by atoms with van der Waals surface area (Å²) in [5.74, 6) is 1.52. The maximum Gasteiger partial charge on any atom is 0.222 e. The van der Waals surface area contributed by atoms with Crippen molar-refractivity contribution in [2.45, 2.75) is 46.0 Å². The van der Waals surface area contributed by atoms with Gasteiger partial charge >= 0.3 is 0 Å². The molecule has 2 N–H and O–H groups in total. The number of piperidine rings is 1. The standard InChI is InChI=1S/C13H26N2O/c1-3-11-5-7-15(8-6-11)13(16)9-12(4-2)10-14/h11-12H,3-10,14H2,1-2H3. The van der Waals surface area contributed by atoms with E-state index in [4.69, 9.17) is 5.73 Å². The molecular weight excluding hydrogens is 200 g/mol. The Bertz CT molecular complexity index is 206. The van der Waals surface area contributed by atoms with Gasteiger partial charge in [0.2, 0.25) is 5.91 Å². The summed E-state index contributed by atoms with van der Waals surface area (Å²) in [5.41, 5.74) is 5.63. The molecule has 1 aliphatic rings. The van der Waals surface area contributed by atoms with Crippen molar-refractivity contribution in [2.24, 2.45) is 17.6 Å². The Balaban J connectivity index is 2.32. The van der Waals surface area contributed by atoms with Gasteiger partial charge in [-0.05, 0) is 31.2 Å². The van der Waals surface area contributed by atoms with Gasteiger partial charge in [-0.2, -0.15) is 0 Å². The smallest absolute Gasteiger partial charge is 0.222 e. The first-order valence-electron chi connectivity index (χ1n) is 6.69. The predicted molar refractivity (Wildman–Crippen MR) is 67.0 cm³/mol. The summed E-state index contributed by atoms with van der Waals surface area (Å²) in [5, 5.41) is 0. The zero-order chi connectivity index (χ0) is 12.0. The summed E-state index contributed by atoms with van der Waals surface area (Å²) < 4.78 is 0. The Morgan fingerprint density at radius 2 is 2.00 bits per heavy atom. The van der Waals surface area contributed by atoms with Crippen LogP contribution in [0.15, 0.2) is 0 Å². The van der Waals surface area contributed by atoms with E-state index in [1.807, 2.05) is 4.90 Å². The monoisotopic (exact) mass is 226 g/mol. The molecule has 1 saturated heterocycles. The van der Waals surface area contributed by atoms with E-state index in [-0.39, 0.29) is 0 Å². The molecule has 3 nitrogen and oxygen atoms in total. The number of hydrogen-bond acceptors (Lipinski definition) is 2. The molecule has 1 atom stereocenters. The Hall–Kier alpha value is -0.570. The molecule has 0 aromatic carbocycles. The van der Waals surface area contributed by atoms with Gasteiger partial charge in [-0.15, -0.1) is 0 Å². The molecule has 1 amide bonds. The molecule has 1 unspecified atom stereocenters. The van der Waals surface area contributed by atoms with E-state index >= 15 is 0 Å². The van der Waals surface area contributed by atoms with Gasteiger partial charge in [-0.3, -0.25) is 4.79 Å². The molecule has 0 bridgehead atoms. The van der Waals surface area contributed by atoms with Crippen molar-refractivity contribution < 1.29 is 4.79 Å². The number of nitrogens with two attached hydrogens (primary N) is 1. The lowest BCUT2D eigenvalue weighted by Crippen LogP contribution is -2.39. The fourth-order valence-corrected chi connectivity index (χ4v) is 2.36. The first kappa shape index (κ1) is 13.5. The normalized spacial score (nSPS) is 19.8. The Labute approximate surface area is 99.4 Å². The lowest BCUT2D eigenvalue weighted by atomic mass is 9.93. The topological polar surface area (TPSA) is 46.3 Å². The van der Waals surface area contributed by atoms with Gasteiger partial charge in [0.25, 0.3) is 0 Å². The second kappa shape index (κ2) is 6.89. The summed E-state index contributed by atoms with van der Waals surface area (Å²) in [6.45, 7) is 6.89. The minimum atomic E-state index is 0.312. The largest absolute Gasteiger partial charge is 0.343 e. The van der Waals surface area contributed by atoms with Gasteiger partial charge in [-0.1, -0.05) is 26.7 Å². The molecule has 1 rings (SSSR count). The molecule has 0 saturated carbocycles. The molecule has 1 aliphatic heterocycles. The van der Waals surface area contributed by atoms with E-state index in [2.05, 4.69) is 13.8 Å². The minimum absolute atomic E-state index is 0.312. The van der Waals surface area contributed by atoms with E-state index in [1.54, 1.807) is 0 Å². The van der Waals surface area contributed by atoms with Crippen molar-refractivity contribution in [1.29, 1.82) is 0 Å². The highest BCUT2D eigenvalue weighted by molar-refractivity contribution is 5.76. The average Bonchev–Trinajstić information content (AvgIpc) is 2.35. The molecule has 0 aliphatic carbocycles. The van der Waals surface area contributed by atoms with E-state index in [1.165, 1.54) is 19.3 Å². The number of likely N-dealkylation sites (tertiary alicyclic amines) is 1. The van der Waals surface area contributed by atoms with Crippen LogP contribution in [0, 0.1) is 11.8 Å². The molecular formula is C13H26N2O. The lowest BCUT2D eigenvalue weighted by molar-refractivity contribution is -0.133. The summed E-state index contributed by atoms with van der Waals surface area (Å²) >= 11 is 0. The third-order valence-electron chi connectivity index (χ3n) is 3.92. The van der Waals surface area contributed by atoms with Gasteiger partial charge in [0.1, 0.15) is 0 Å². The minimum Gasteiger partial charge on any atom is -0.343 e. The number of nitrogens with zero attached hydrogens (tertiary/aromatic N) is 1. The van der Waals surface area contributed by atoms with E-state index in [0.717, 1.165) is 25.4 Å². The molecule has 94 valence electrons. The van der Waals surface area contributed by atoms with Crippen LogP contribution in [0.1, 0.15) is 46.0 Å². The van der Waals surface area contributed by atoms with Crippen LogP contribution in [-0.2, 0) is 4.79 Å². The van der Waals surface area contributed by atoms with Gasteiger partial charge in [0, 0.05) is 19.5 Å². The summed E-state index contributed by atoms with van der Waals surface area (Å²) in [7, 11) is 0. The molecule has 1 fully saturated rings. The van der Waals surface area contributed by atoms with Crippen LogP contribution in [0.2, 0.25) is 0 Å². The number of rotatable bonds is 5. The maximum atomic E-state index is 12.0. The molecule has 0 radical (unpaired) electrons. The molecule has 0 spiro atoms. The van der Waals surface area contributed by atoms with Crippen molar-refractivity contribution in [1.82, 2.24) is 4.90 Å². The first-order valence-corrected chi connectivity index (χ1v) is 6.69. The second-order valence-electron chi connectivity index (χ2n) is 4.95. The van der Waals surface area contributed by atoms with Crippen LogP contribution in [0.25, 0.3) is 0 Å². The first-order chi connectivity index (χ1) is 7.71. The van der Waals surface area contributed by atoms with Crippen molar-refractivity contribution in [3.05, 3.63) is 0 Å². The number of carbonyl (C=O) groups excluding carboxylic acids is 1. The predicted octanol–water partition coefficient (Wildman–Crippen LogP) is 2.01. The Morgan fingerprint density at radius 1 is 1.38 bits per heavy atom.